The molecule has 2 heterocycles. The molecule has 2 aromatic rings. The first kappa shape index (κ1) is 13.8. The molecule has 0 radical (unpaired) electrons. The van der Waals surface area contributed by atoms with E-state index in [2.05, 4.69) is 36.2 Å². The van der Waals surface area contributed by atoms with Crippen LogP contribution in [0.1, 0.15) is 16.2 Å². The molecule has 1 amide bonds. The fourth-order valence-corrected chi connectivity index (χ4v) is 1.67. The van der Waals surface area contributed by atoms with Gasteiger partial charge in [0.1, 0.15) is 5.69 Å². The largest absolute Gasteiger partial charge is 0.356 e. The molecular formula is C10H12BrClN4O. The molecule has 0 bridgehead atoms. The van der Waals surface area contributed by atoms with Gasteiger partial charge in [-0.2, -0.15) is 0 Å². The Bertz CT molecular complexity index is 468. The molecule has 0 atom stereocenters. The first-order chi connectivity index (χ1) is 7.75. The normalized spacial score (nSPS) is 9.71. The summed E-state index contributed by atoms with van der Waals surface area (Å²) >= 11 is 3.28. The maximum absolute atomic E-state index is 11.6. The summed E-state index contributed by atoms with van der Waals surface area (Å²) in [5, 5.41) is 2.81. The molecule has 2 aromatic heterocycles. The topological polar surface area (TPSA) is 73.6 Å². The van der Waals surface area contributed by atoms with Gasteiger partial charge in [0, 0.05) is 35.5 Å². The summed E-state index contributed by atoms with van der Waals surface area (Å²) in [5.74, 6) is -0.106. The van der Waals surface area contributed by atoms with Crippen LogP contribution < -0.4 is 5.32 Å². The Kier molecular flexibility index (Phi) is 5.24. The quantitative estimate of drug-likeness (QED) is 0.805. The van der Waals surface area contributed by atoms with Crippen molar-refractivity contribution in [3.63, 3.8) is 0 Å². The lowest BCUT2D eigenvalue weighted by molar-refractivity contribution is 0.0949. The standard InChI is InChI=1S/C10H11BrN4O.ClH/c11-7-3-9(14-4-7)10(16)13-2-1-8-5-12-6-15-8;/h3-6,14H,1-2H2,(H,12,15)(H,13,16);1H. The zero-order chi connectivity index (χ0) is 11.4. The van der Waals surface area contributed by atoms with Crippen LogP contribution in [0.3, 0.4) is 0 Å². The van der Waals surface area contributed by atoms with Crippen LogP contribution in [-0.4, -0.2) is 27.4 Å². The van der Waals surface area contributed by atoms with Crippen molar-refractivity contribution in [2.24, 2.45) is 0 Å². The molecule has 0 unspecified atom stereocenters. The summed E-state index contributed by atoms with van der Waals surface area (Å²) in [5.41, 5.74) is 1.56. The minimum absolute atomic E-state index is 0. The SMILES string of the molecule is Cl.O=C(NCCc1cnc[nH]1)c1cc(Br)c[nH]1. The van der Waals surface area contributed by atoms with Gasteiger partial charge < -0.3 is 15.3 Å². The van der Waals surface area contributed by atoms with Crippen molar-refractivity contribution >= 4 is 34.2 Å². The van der Waals surface area contributed by atoms with E-state index in [9.17, 15) is 4.79 Å². The van der Waals surface area contributed by atoms with Gasteiger partial charge in [-0.1, -0.05) is 0 Å². The van der Waals surface area contributed by atoms with Gasteiger partial charge in [0.15, 0.2) is 0 Å². The van der Waals surface area contributed by atoms with Gasteiger partial charge in [0.2, 0.25) is 0 Å². The highest BCUT2D eigenvalue weighted by Crippen LogP contribution is 2.10. The summed E-state index contributed by atoms with van der Waals surface area (Å²) in [4.78, 5) is 21.3. The lowest BCUT2D eigenvalue weighted by Gasteiger charge is -2.01. The highest BCUT2D eigenvalue weighted by Gasteiger charge is 2.06. The van der Waals surface area contributed by atoms with Crippen LogP contribution in [0.15, 0.2) is 29.3 Å². The van der Waals surface area contributed by atoms with Gasteiger partial charge in [-0.25, -0.2) is 4.98 Å². The second-order valence-corrected chi connectivity index (χ2v) is 4.23. The Labute approximate surface area is 113 Å². The first-order valence-corrected chi connectivity index (χ1v) is 5.64. The number of carbonyl (C=O) groups is 1. The molecule has 0 aliphatic carbocycles. The van der Waals surface area contributed by atoms with Crippen LogP contribution in [0.2, 0.25) is 0 Å². The molecule has 0 saturated carbocycles. The third kappa shape index (κ3) is 3.90. The molecule has 2 rings (SSSR count). The molecule has 5 nitrogen and oxygen atoms in total. The van der Waals surface area contributed by atoms with E-state index in [1.807, 2.05) is 0 Å². The summed E-state index contributed by atoms with van der Waals surface area (Å²) in [7, 11) is 0. The van der Waals surface area contributed by atoms with Crippen LogP contribution >= 0.6 is 28.3 Å². The molecule has 3 N–H and O–H groups in total. The molecule has 7 heteroatoms. The number of imidazole rings is 1. The van der Waals surface area contributed by atoms with Crippen LogP contribution in [0.5, 0.6) is 0 Å². The molecule has 92 valence electrons. The van der Waals surface area contributed by atoms with Gasteiger partial charge in [-0.3, -0.25) is 4.79 Å². The molecule has 0 aromatic carbocycles. The number of H-pyrrole nitrogens is 2. The molecule has 0 aliphatic heterocycles. The highest BCUT2D eigenvalue weighted by molar-refractivity contribution is 9.10. The average Bonchev–Trinajstić information content (AvgIpc) is 2.89. The Morgan fingerprint density at radius 2 is 2.29 bits per heavy atom. The monoisotopic (exact) mass is 318 g/mol. The summed E-state index contributed by atoms with van der Waals surface area (Å²) < 4.78 is 0.867. The Morgan fingerprint density at radius 1 is 1.47 bits per heavy atom. The number of hydrogen-bond donors (Lipinski definition) is 3. The van der Waals surface area contributed by atoms with Crippen molar-refractivity contribution in [3.8, 4) is 0 Å². The third-order valence-electron chi connectivity index (χ3n) is 2.13. The van der Waals surface area contributed by atoms with E-state index in [4.69, 9.17) is 0 Å². The fraction of sp³-hybridized carbons (Fsp3) is 0.200. The van der Waals surface area contributed by atoms with E-state index in [0.29, 0.717) is 12.2 Å². The maximum atomic E-state index is 11.6. The van der Waals surface area contributed by atoms with Crippen molar-refractivity contribution in [2.45, 2.75) is 6.42 Å². The zero-order valence-electron chi connectivity index (χ0n) is 8.87. The van der Waals surface area contributed by atoms with E-state index in [1.54, 1.807) is 24.8 Å². The van der Waals surface area contributed by atoms with E-state index >= 15 is 0 Å². The van der Waals surface area contributed by atoms with Crippen LogP contribution in [0, 0.1) is 0 Å². The molecule has 17 heavy (non-hydrogen) atoms. The van der Waals surface area contributed by atoms with Gasteiger partial charge >= 0.3 is 0 Å². The van der Waals surface area contributed by atoms with Gasteiger partial charge in [0.05, 0.1) is 6.33 Å². The minimum atomic E-state index is -0.106. The van der Waals surface area contributed by atoms with Gasteiger partial charge in [-0.15, -0.1) is 12.4 Å². The maximum Gasteiger partial charge on any atom is 0.267 e. The Morgan fingerprint density at radius 3 is 2.88 bits per heavy atom. The predicted molar refractivity (Wildman–Crippen MR) is 70.4 cm³/mol. The predicted octanol–water partition coefficient (Wildman–Crippen LogP) is 1.89. The number of aromatic amines is 2. The van der Waals surface area contributed by atoms with Crippen molar-refractivity contribution in [3.05, 3.63) is 40.6 Å². The molecule has 0 aliphatic rings. The molecule has 0 spiro atoms. The number of hydrogen-bond acceptors (Lipinski definition) is 2. The second kappa shape index (κ2) is 6.46. The van der Waals surface area contributed by atoms with Crippen LogP contribution in [0.4, 0.5) is 0 Å². The molecule has 0 fully saturated rings. The van der Waals surface area contributed by atoms with Crippen molar-refractivity contribution in [1.82, 2.24) is 20.3 Å². The lowest BCUT2D eigenvalue weighted by Crippen LogP contribution is -2.25. The smallest absolute Gasteiger partial charge is 0.267 e. The Hall–Kier alpha value is -1.27. The van der Waals surface area contributed by atoms with E-state index in [0.717, 1.165) is 16.6 Å². The van der Waals surface area contributed by atoms with Crippen LogP contribution in [0.25, 0.3) is 0 Å². The van der Waals surface area contributed by atoms with Gasteiger partial charge in [-0.05, 0) is 22.0 Å². The van der Waals surface area contributed by atoms with Crippen molar-refractivity contribution in [1.29, 1.82) is 0 Å². The number of halogens is 2. The number of amides is 1. The van der Waals surface area contributed by atoms with E-state index in [1.165, 1.54) is 0 Å². The zero-order valence-corrected chi connectivity index (χ0v) is 11.3. The average molecular weight is 320 g/mol. The minimum Gasteiger partial charge on any atom is -0.356 e. The summed E-state index contributed by atoms with van der Waals surface area (Å²) in [6.07, 6.45) is 5.84. The second-order valence-electron chi connectivity index (χ2n) is 3.31. The third-order valence-corrected chi connectivity index (χ3v) is 2.58. The van der Waals surface area contributed by atoms with E-state index < -0.39 is 0 Å². The highest BCUT2D eigenvalue weighted by atomic mass is 79.9. The Balaban J connectivity index is 0.00000144. The fourth-order valence-electron chi connectivity index (χ4n) is 1.33. The van der Waals surface area contributed by atoms with Crippen molar-refractivity contribution < 1.29 is 4.79 Å². The summed E-state index contributed by atoms with van der Waals surface area (Å²) in [6, 6.07) is 1.74. The number of aromatic nitrogens is 3. The molecule has 0 saturated heterocycles. The van der Waals surface area contributed by atoms with Gasteiger partial charge in [0.25, 0.3) is 5.91 Å². The number of nitrogens with one attached hydrogen (secondary N) is 3. The molecular weight excluding hydrogens is 307 g/mol. The summed E-state index contributed by atoms with van der Waals surface area (Å²) in [6.45, 7) is 0.581. The van der Waals surface area contributed by atoms with Crippen molar-refractivity contribution in [2.75, 3.05) is 6.54 Å². The lowest BCUT2D eigenvalue weighted by atomic mass is 10.3. The number of carbonyl (C=O) groups excluding carboxylic acids is 1. The van der Waals surface area contributed by atoms with E-state index in [-0.39, 0.29) is 18.3 Å². The van der Waals surface area contributed by atoms with Crippen LogP contribution in [-0.2, 0) is 6.42 Å². The number of rotatable bonds is 4. The first-order valence-electron chi connectivity index (χ1n) is 4.85. The number of nitrogens with zero attached hydrogens (tertiary/aromatic N) is 1.